The van der Waals surface area contributed by atoms with Crippen LogP contribution in [0, 0.1) is 6.92 Å². The monoisotopic (exact) mass is 394 g/mol. The summed E-state index contributed by atoms with van der Waals surface area (Å²) in [6, 6.07) is 9.77. The van der Waals surface area contributed by atoms with Crippen LogP contribution in [0.5, 0.6) is 5.75 Å². The van der Waals surface area contributed by atoms with Crippen molar-refractivity contribution in [2.24, 2.45) is 0 Å². The van der Waals surface area contributed by atoms with Gasteiger partial charge in [-0.1, -0.05) is 0 Å². The van der Waals surface area contributed by atoms with Gasteiger partial charge in [-0.15, -0.1) is 0 Å². The molecule has 3 aromatic rings. The fraction of sp³-hybridized carbons (Fsp3) is 0.381. The van der Waals surface area contributed by atoms with Crippen LogP contribution in [0.3, 0.4) is 0 Å². The van der Waals surface area contributed by atoms with Gasteiger partial charge >= 0.3 is 0 Å². The zero-order chi connectivity index (χ0) is 20.4. The van der Waals surface area contributed by atoms with E-state index in [1.807, 2.05) is 37.3 Å². The Morgan fingerprint density at radius 3 is 2.66 bits per heavy atom. The van der Waals surface area contributed by atoms with E-state index in [1.165, 1.54) is 0 Å². The predicted molar refractivity (Wildman–Crippen MR) is 113 cm³/mol. The number of benzene rings is 1. The quantitative estimate of drug-likeness (QED) is 0.684. The average molecular weight is 394 g/mol. The molecule has 0 saturated carbocycles. The molecule has 1 fully saturated rings. The standard InChI is InChI=1S/C21H26N6O2/c1-13-9-16(28-4)5-6-17(13)18-10-20(26-25-18)23-19-7-8-22-21(24-19)27-11-14(2)29-15(3)12-27/h5-10,14-15H,11-12H2,1-4H3,(H2,22,23,24,25,26)/t14-,15+. The third-order valence-corrected chi connectivity index (χ3v) is 4.90. The van der Waals surface area contributed by atoms with Crippen molar-refractivity contribution in [3.8, 4) is 17.0 Å². The normalized spacial score (nSPS) is 19.2. The summed E-state index contributed by atoms with van der Waals surface area (Å²) in [7, 11) is 1.67. The first-order chi connectivity index (χ1) is 14.0. The summed E-state index contributed by atoms with van der Waals surface area (Å²) in [5.41, 5.74) is 3.11. The maximum atomic E-state index is 5.80. The second-order valence-electron chi connectivity index (χ2n) is 7.38. The molecule has 2 aromatic heterocycles. The summed E-state index contributed by atoms with van der Waals surface area (Å²) in [4.78, 5) is 11.2. The molecule has 3 heterocycles. The number of morpholine rings is 1. The van der Waals surface area contributed by atoms with Crippen molar-refractivity contribution in [1.29, 1.82) is 0 Å². The fourth-order valence-electron chi connectivity index (χ4n) is 3.63. The minimum absolute atomic E-state index is 0.153. The lowest BCUT2D eigenvalue weighted by molar-refractivity contribution is -0.00571. The molecule has 1 aliphatic heterocycles. The molecular weight excluding hydrogens is 368 g/mol. The van der Waals surface area contributed by atoms with Crippen LogP contribution in [0.25, 0.3) is 11.3 Å². The van der Waals surface area contributed by atoms with Crippen molar-refractivity contribution in [3.63, 3.8) is 0 Å². The minimum atomic E-state index is 0.153. The zero-order valence-corrected chi connectivity index (χ0v) is 17.1. The molecule has 2 atom stereocenters. The molecular formula is C21H26N6O2. The van der Waals surface area contributed by atoms with Crippen molar-refractivity contribution in [1.82, 2.24) is 20.2 Å². The summed E-state index contributed by atoms with van der Waals surface area (Å²) in [5, 5.41) is 10.7. The van der Waals surface area contributed by atoms with E-state index < -0.39 is 0 Å². The lowest BCUT2D eigenvalue weighted by Gasteiger charge is -2.35. The number of methoxy groups -OCH3 is 1. The molecule has 0 radical (unpaired) electrons. The number of aryl methyl sites for hydroxylation is 1. The van der Waals surface area contributed by atoms with Crippen LogP contribution in [-0.2, 0) is 4.74 Å². The molecule has 4 rings (SSSR count). The fourth-order valence-corrected chi connectivity index (χ4v) is 3.63. The number of nitrogens with one attached hydrogen (secondary N) is 2. The maximum absolute atomic E-state index is 5.80. The number of nitrogens with zero attached hydrogens (tertiary/aromatic N) is 4. The summed E-state index contributed by atoms with van der Waals surface area (Å²) in [6.07, 6.45) is 2.07. The van der Waals surface area contributed by atoms with E-state index in [9.17, 15) is 0 Å². The SMILES string of the molecule is COc1ccc(-c2cc(Nc3ccnc(N4C[C@@H](C)O[C@@H](C)C4)n3)n[nH]2)c(C)c1. The summed E-state index contributed by atoms with van der Waals surface area (Å²) in [6.45, 7) is 7.73. The van der Waals surface area contributed by atoms with Gasteiger partial charge in [-0.2, -0.15) is 10.1 Å². The second-order valence-corrected chi connectivity index (χ2v) is 7.38. The number of ether oxygens (including phenoxy) is 2. The third-order valence-electron chi connectivity index (χ3n) is 4.90. The van der Waals surface area contributed by atoms with Crippen LogP contribution < -0.4 is 15.0 Å². The van der Waals surface area contributed by atoms with Crippen molar-refractivity contribution in [3.05, 3.63) is 42.1 Å². The maximum Gasteiger partial charge on any atom is 0.227 e. The van der Waals surface area contributed by atoms with E-state index in [2.05, 4.69) is 44.2 Å². The van der Waals surface area contributed by atoms with Crippen molar-refractivity contribution >= 4 is 17.6 Å². The van der Waals surface area contributed by atoms with Crippen LogP contribution in [0.15, 0.2) is 36.5 Å². The highest BCUT2D eigenvalue weighted by Gasteiger charge is 2.24. The summed E-state index contributed by atoms with van der Waals surface area (Å²) < 4.78 is 11.1. The lowest BCUT2D eigenvalue weighted by atomic mass is 10.1. The van der Waals surface area contributed by atoms with Gasteiger partial charge in [0, 0.05) is 30.9 Å². The van der Waals surface area contributed by atoms with Gasteiger partial charge in [0.15, 0.2) is 5.82 Å². The molecule has 1 saturated heterocycles. The highest BCUT2D eigenvalue weighted by atomic mass is 16.5. The topological polar surface area (TPSA) is 88.2 Å². The number of aromatic amines is 1. The van der Waals surface area contributed by atoms with Crippen LogP contribution in [-0.4, -0.2) is 52.6 Å². The molecule has 2 N–H and O–H groups in total. The predicted octanol–water partition coefficient (Wildman–Crippen LogP) is 3.54. The van der Waals surface area contributed by atoms with E-state index in [-0.39, 0.29) is 12.2 Å². The Hall–Kier alpha value is -3.13. The highest BCUT2D eigenvalue weighted by molar-refractivity contribution is 5.68. The minimum Gasteiger partial charge on any atom is -0.497 e. The molecule has 152 valence electrons. The van der Waals surface area contributed by atoms with Gasteiger partial charge in [0.2, 0.25) is 5.95 Å². The zero-order valence-electron chi connectivity index (χ0n) is 17.1. The lowest BCUT2D eigenvalue weighted by Crippen LogP contribution is -2.46. The smallest absolute Gasteiger partial charge is 0.227 e. The van der Waals surface area contributed by atoms with Gasteiger partial charge in [-0.25, -0.2) is 4.98 Å². The Labute approximate surface area is 170 Å². The molecule has 0 aliphatic carbocycles. The Bertz CT molecular complexity index is 979. The van der Waals surface area contributed by atoms with Gasteiger partial charge < -0.3 is 19.7 Å². The first-order valence-corrected chi connectivity index (χ1v) is 9.72. The first-order valence-electron chi connectivity index (χ1n) is 9.72. The van der Waals surface area contributed by atoms with E-state index in [1.54, 1.807) is 13.3 Å². The van der Waals surface area contributed by atoms with Crippen molar-refractivity contribution in [2.45, 2.75) is 33.0 Å². The number of H-pyrrole nitrogens is 1. The van der Waals surface area contributed by atoms with Crippen LogP contribution in [0.2, 0.25) is 0 Å². The Morgan fingerprint density at radius 2 is 1.93 bits per heavy atom. The van der Waals surface area contributed by atoms with Gasteiger partial charge in [0.25, 0.3) is 0 Å². The van der Waals surface area contributed by atoms with E-state index in [4.69, 9.17) is 9.47 Å². The summed E-state index contributed by atoms with van der Waals surface area (Å²) >= 11 is 0. The molecule has 8 nitrogen and oxygen atoms in total. The highest BCUT2D eigenvalue weighted by Crippen LogP contribution is 2.27. The first kappa shape index (κ1) is 19.2. The van der Waals surface area contributed by atoms with Crippen LogP contribution >= 0.6 is 0 Å². The van der Waals surface area contributed by atoms with Crippen molar-refractivity contribution < 1.29 is 9.47 Å². The van der Waals surface area contributed by atoms with Crippen LogP contribution in [0.1, 0.15) is 19.4 Å². The average Bonchev–Trinajstić information content (AvgIpc) is 3.15. The summed E-state index contributed by atoms with van der Waals surface area (Å²) in [5.74, 6) is 2.93. The number of aromatic nitrogens is 4. The second kappa shape index (κ2) is 8.08. The molecule has 1 aromatic carbocycles. The van der Waals surface area contributed by atoms with Gasteiger partial charge in [0.05, 0.1) is 25.0 Å². The third kappa shape index (κ3) is 4.32. The van der Waals surface area contributed by atoms with Gasteiger partial charge in [-0.3, -0.25) is 5.10 Å². The van der Waals surface area contributed by atoms with Crippen molar-refractivity contribution in [2.75, 3.05) is 30.4 Å². The molecule has 1 aliphatic rings. The Kier molecular flexibility index (Phi) is 5.35. The molecule has 0 spiro atoms. The molecule has 0 unspecified atom stereocenters. The van der Waals surface area contributed by atoms with E-state index in [0.29, 0.717) is 17.6 Å². The number of anilines is 3. The van der Waals surface area contributed by atoms with E-state index in [0.717, 1.165) is 35.7 Å². The number of hydrogen-bond acceptors (Lipinski definition) is 7. The van der Waals surface area contributed by atoms with Gasteiger partial charge in [0.1, 0.15) is 11.6 Å². The molecule has 29 heavy (non-hydrogen) atoms. The van der Waals surface area contributed by atoms with E-state index >= 15 is 0 Å². The van der Waals surface area contributed by atoms with Gasteiger partial charge in [-0.05, 0) is 50.6 Å². The molecule has 8 heteroatoms. The Morgan fingerprint density at radius 1 is 1.14 bits per heavy atom. The molecule has 0 bridgehead atoms. The largest absolute Gasteiger partial charge is 0.497 e. The number of rotatable bonds is 5. The molecule has 0 amide bonds. The Balaban J connectivity index is 1.51. The number of hydrogen-bond donors (Lipinski definition) is 2. The van der Waals surface area contributed by atoms with Crippen LogP contribution in [0.4, 0.5) is 17.6 Å².